The average Bonchev–Trinajstić information content (AvgIpc) is 2.65. The quantitative estimate of drug-likeness (QED) is 0.389. The molecule has 0 atom stereocenters. The van der Waals surface area contributed by atoms with Gasteiger partial charge < -0.3 is 0 Å². The maximum atomic E-state index is 12.1. The van der Waals surface area contributed by atoms with Gasteiger partial charge in [-0.3, -0.25) is 4.79 Å². The molecule has 0 aromatic rings. The number of Topliss-reactive ketones (excluding diaryl/α,β-unsaturated/α-hetero) is 1. The number of carbonyl (C=O) groups is 1. The number of hydrogen-bond donors (Lipinski definition) is 0. The molecule has 2 rings (SSSR count). The number of nitrogens with zero attached hydrogens (tertiary/aromatic N) is 2. The first-order valence-electron chi connectivity index (χ1n) is 5.04. The molecular weight excluding hydrogens is 327 g/mol. The molecule has 0 spiro atoms. The Balaban J connectivity index is 2.75. The molecule has 17 heavy (non-hydrogen) atoms. The molecule has 0 fully saturated rings. The molecule has 0 bridgehead atoms. The highest BCUT2D eigenvalue weighted by Crippen LogP contribution is 2.41. The Labute approximate surface area is 113 Å². The van der Waals surface area contributed by atoms with Crippen LogP contribution in [0.15, 0.2) is 44.1 Å². The van der Waals surface area contributed by atoms with Gasteiger partial charge in [-0.05, 0) is 22.5 Å². The van der Waals surface area contributed by atoms with E-state index in [1.54, 1.807) is 10.2 Å². The molecular formula is C13H7IN2O. The fourth-order valence-corrected chi connectivity index (χ4v) is 2.68. The summed E-state index contributed by atoms with van der Waals surface area (Å²) in [5.41, 5.74) is 2.52. The molecule has 3 nitrogen and oxygen atoms in total. The van der Waals surface area contributed by atoms with Gasteiger partial charge >= 0.3 is 0 Å². The van der Waals surface area contributed by atoms with E-state index in [4.69, 9.17) is 10.5 Å². The smallest absolute Gasteiger partial charge is 0.194 e. The number of hydrogen-bond acceptors (Lipinski definition) is 3. The van der Waals surface area contributed by atoms with E-state index in [1.165, 1.54) is 0 Å². The number of nitriles is 2. The van der Waals surface area contributed by atoms with E-state index in [-0.39, 0.29) is 11.4 Å². The van der Waals surface area contributed by atoms with Crippen molar-refractivity contribution >= 4 is 28.4 Å². The topological polar surface area (TPSA) is 64.7 Å². The van der Waals surface area contributed by atoms with E-state index < -0.39 is 0 Å². The summed E-state index contributed by atoms with van der Waals surface area (Å²) >= 11 is 1.97. The Bertz CT molecular complexity index is 590. The first kappa shape index (κ1) is 11.8. The second kappa shape index (κ2) is 4.68. The van der Waals surface area contributed by atoms with Gasteiger partial charge in [0.2, 0.25) is 0 Å². The predicted molar refractivity (Wildman–Crippen MR) is 70.8 cm³/mol. The van der Waals surface area contributed by atoms with Crippen molar-refractivity contribution in [2.45, 2.75) is 12.8 Å². The third-order valence-electron chi connectivity index (χ3n) is 2.81. The normalized spacial score (nSPS) is 20.3. The van der Waals surface area contributed by atoms with Crippen LogP contribution in [0.4, 0.5) is 0 Å². The van der Waals surface area contributed by atoms with Crippen molar-refractivity contribution in [1.82, 2.24) is 0 Å². The molecule has 0 saturated carbocycles. The van der Waals surface area contributed by atoms with Crippen molar-refractivity contribution in [2.24, 2.45) is 0 Å². The maximum Gasteiger partial charge on any atom is 0.194 e. The van der Waals surface area contributed by atoms with Crippen molar-refractivity contribution in [3.63, 3.8) is 0 Å². The Morgan fingerprint density at radius 3 is 2.71 bits per heavy atom. The number of rotatable bonds is 0. The van der Waals surface area contributed by atoms with E-state index in [1.807, 2.05) is 40.8 Å². The Morgan fingerprint density at radius 1 is 1.41 bits per heavy atom. The minimum Gasteiger partial charge on any atom is -0.289 e. The van der Waals surface area contributed by atoms with E-state index in [2.05, 4.69) is 0 Å². The van der Waals surface area contributed by atoms with E-state index in [9.17, 15) is 4.79 Å². The van der Waals surface area contributed by atoms with Crippen LogP contribution in [-0.2, 0) is 4.79 Å². The highest BCUT2D eigenvalue weighted by atomic mass is 127. The van der Waals surface area contributed by atoms with Crippen LogP contribution in [-0.4, -0.2) is 5.78 Å². The summed E-state index contributed by atoms with van der Waals surface area (Å²) in [6.45, 7) is 0. The summed E-state index contributed by atoms with van der Waals surface area (Å²) in [5.74, 6) is -0.0802. The molecule has 0 amide bonds. The zero-order valence-electron chi connectivity index (χ0n) is 8.83. The lowest BCUT2D eigenvalue weighted by atomic mass is 9.94. The van der Waals surface area contributed by atoms with Gasteiger partial charge in [0.15, 0.2) is 5.78 Å². The minimum absolute atomic E-state index is 0.0292. The Hall–Kier alpha value is -1.66. The Morgan fingerprint density at radius 2 is 2.12 bits per heavy atom. The van der Waals surface area contributed by atoms with Gasteiger partial charge in [0.25, 0.3) is 0 Å². The molecule has 2 aliphatic rings. The lowest BCUT2D eigenvalue weighted by Gasteiger charge is -2.08. The fraction of sp³-hybridized carbons (Fsp3) is 0.154. The lowest BCUT2D eigenvalue weighted by molar-refractivity contribution is -0.111. The van der Waals surface area contributed by atoms with Gasteiger partial charge in [0.05, 0.1) is 0 Å². The summed E-state index contributed by atoms with van der Waals surface area (Å²) in [6.07, 6.45) is 5.30. The first-order chi connectivity index (χ1) is 8.24. The third kappa shape index (κ3) is 1.75. The molecule has 0 aromatic heterocycles. The summed E-state index contributed by atoms with van der Waals surface area (Å²) in [7, 11) is 0. The zero-order valence-corrected chi connectivity index (χ0v) is 11.0. The van der Waals surface area contributed by atoms with Crippen LogP contribution in [0.1, 0.15) is 12.8 Å². The highest BCUT2D eigenvalue weighted by molar-refractivity contribution is 14.1. The summed E-state index contributed by atoms with van der Waals surface area (Å²) < 4.78 is 1.65. The van der Waals surface area contributed by atoms with Crippen molar-refractivity contribution in [2.75, 3.05) is 0 Å². The molecule has 0 aromatic carbocycles. The molecule has 0 heterocycles. The molecule has 0 saturated heterocycles. The SMILES string of the molecule is N#CC(C#N)=C1C2=C(C=CCC2)C(=O)/C1=C\I. The number of ketones is 1. The van der Waals surface area contributed by atoms with Gasteiger partial charge in [-0.2, -0.15) is 10.5 Å². The molecule has 2 aliphatic carbocycles. The van der Waals surface area contributed by atoms with Gasteiger partial charge in [-0.15, -0.1) is 0 Å². The van der Waals surface area contributed by atoms with Crippen molar-refractivity contribution in [3.05, 3.63) is 44.1 Å². The number of carbonyl (C=O) groups excluding carboxylic acids is 1. The van der Waals surface area contributed by atoms with Crippen LogP contribution in [0, 0.1) is 22.7 Å². The van der Waals surface area contributed by atoms with Crippen LogP contribution >= 0.6 is 22.6 Å². The third-order valence-corrected chi connectivity index (χ3v) is 3.44. The maximum absolute atomic E-state index is 12.1. The van der Waals surface area contributed by atoms with Gasteiger partial charge in [-0.25, -0.2) is 0 Å². The summed E-state index contributed by atoms with van der Waals surface area (Å²) in [4.78, 5) is 12.1. The Kier molecular flexibility index (Phi) is 3.26. The zero-order chi connectivity index (χ0) is 12.4. The molecule has 0 N–H and O–H groups in total. The van der Waals surface area contributed by atoms with E-state index >= 15 is 0 Å². The lowest BCUT2D eigenvalue weighted by Crippen LogP contribution is -1.98. The molecule has 0 unspecified atom stereocenters. The van der Waals surface area contributed by atoms with Gasteiger partial charge in [-0.1, -0.05) is 34.7 Å². The number of allylic oxidation sites excluding steroid dienone is 7. The molecule has 82 valence electrons. The average molecular weight is 334 g/mol. The van der Waals surface area contributed by atoms with Crippen LogP contribution < -0.4 is 0 Å². The largest absolute Gasteiger partial charge is 0.289 e. The molecule has 0 radical (unpaired) electrons. The first-order valence-corrected chi connectivity index (χ1v) is 6.29. The van der Waals surface area contributed by atoms with Crippen molar-refractivity contribution < 1.29 is 4.79 Å². The number of halogens is 1. The van der Waals surface area contributed by atoms with Crippen LogP contribution in [0.25, 0.3) is 0 Å². The van der Waals surface area contributed by atoms with Crippen LogP contribution in [0.5, 0.6) is 0 Å². The van der Waals surface area contributed by atoms with Crippen molar-refractivity contribution in [3.8, 4) is 12.1 Å². The standard InChI is InChI=1S/C13H7IN2O/c14-5-11-12(8(6-15)7-16)9-3-1-2-4-10(9)13(11)17/h2,4-5H,1,3H2/b11-5-. The van der Waals surface area contributed by atoms with Gasteiger partial charge in [0.1, 0.15) is 17.7 Å². The van der Waals surface area contributed by atoms with Crippen molar-refractivity contribution in [1.29, 1.82) is 10.5 Å². The highest BCUT2D eigenvalue weighted by Gasteiger charge is 2.33. The summed E-state index contributed by atoms with van der Waals surface area (Å²) in [6, 6.07) is 3.75. The van der Waals surface area contributed by atoms with E-state index in [0.717, 1.165) is 12.0 Å². The second-order valence-electron chi connectivity index (χ2n) is 3.66. The summed E-state index contributed by atoms with van der Waals surface area (Å²) in [5, 5.41) is 17.9. The van der Waals surface area contributed by atoms with Crippen LogP contribution in [0.2, 0.25) is 0 Å². The predicted octanol–water partition coefficient (Wildman–Crippen LogP) is 2.88. The van der Waals surface area contributed by atoms with Crippen LogP contribution in [0.3, 0.4) is 0 Å². The second-order valence-corrected chi connectivity index (χ2v) is 4.28. The fourth-order valence-electron chi connectivity index (χ4n) is 2.08. The minimum atomic E-state index is -0.0802. The molecule has 4 heteroatoms. The van der Waals surface area contributed by atoms with Gasteiger partial charge in [0, 0.05) is 16.7 Å². The molecule has 0 aliphatic heterocycles. The van der Waals surface area contributed by atoms with E-state index in [0.29, 0.717) is 23.1 Å². The monoisotopic (exact) mass is 334 g/mol.